The van der Waals surface area contributed by atoms with Crippen molar-refractivity contribution in [3.63, 3.8) is 0 Å². The molecule has 1 heterocycles. The Labute approximate surface area is 85.2 Å². The van der Waals surface area contributed by atoms with Crippen LogP contribution in [0.3, 0.4) is 0 Å². The second-order valence-electron chi connectivity index (χ2n) is 5.10. The van der Waals surface area contributed by atoms with E-state index in [2.05, 4.69) is 19.2 Å². The summed E-state index contributed by atoms with van der Waals surface area (Å²) in [5.74, 6) is 1.37. The van der Waals surface area contributed by atoms with Gasteiger partial charge in [0.2, 0.25) is 0 Å². The van der Waals surface area contributed by atoms with Gasteiger partial charge in [0, 0.05) is 13.0 Å². The first-order chi connectivity index (χ1) is 6.60. The van der Waals surface area contributed by atoms with Crippen LogP contribution in [0.1, 0.15) is 39.5 Å². The molecule has 0 aromatic heterocycles. The fourth-order valence-corrected chi connectivity index (χ4v) is 3.17. The molecule has 2 aliphatic rings. The minimum Gasteiger partial charge on any atom is -0.443 e. The first-order valence-corrected chi connectivity index (χ1v) is 5.56. The summed E-state index contributed by atoms with van der Waals surface area (Å²) < 4.78 is 5.51. The van der Waals surface area contributed by atoms with E-state index >= 15 is 0 Å². The average molecular weight is 197 g/mol. The predicted molar refractivity (Wildman–Crippen MR) is 54.0 cm³/mol. The number of rotatable bonds is 0. The topological polar surface area (TPSA) is 38.3 Å². The molecule has 14 heavy (non-hydrogen) atoms. The maximum absolute atomic E-state index is 11.2. The number of amides is 1. The van der Waals surface area contributed by atoms with E-state index in [1.54, 1.807) is 0 Å². The fraction of sp³-hybridized carbons (Fsp3) is 0.909. The van der Waals surface area contributed by atoms with Crippen LogP contribution in [0.2, 0.25) is 0 Å². The highest BCUT2D eigenvalue weighted by atomic mass is 16.6. The van der Waals surface area contributed by atoms with E-state index in [0.717, 1.165) is 25.8 Å². The summed E-state index contributed by atoms with van der Waals surface area (Å²) in [5.41, 5.74) is -0.139. The highest BCUT2D eigenvalue weighted by Gasteiger charge is 2.42. The summed E-state index contributed by atoms with van der Waals surface area (Å²) in [5, 5.41) is 2.72. The zero-order valence-corrected chi connectivity index (χ0v) is 9.01. The van der Waals surface area contributed by atoms with E-state index < -0.39 is 0 Å². The van der Waals surface area contributed by atoms with Gasteiger partial charge in [-0.2, -0.15) is 0 Å². The molecule has 0 radical (unpaired) electrons. The average Bonchev–Trinajstić information content (AvgIpc) is 1.99. The van der Waals surface area contributed by atoms with E-state index in [4.69, 9.17) is 4.74 Å². The molecule has 1 aliphatic carbocycles. The predicted octanol–water partition coefficient (Wildman–Crippen LogP) is 2.31. The van der Waals surface area contributed by atoms with Gasteiger partial charge in [-0.05, 0) is 31.1 Å². The number of ether oxygens (including phenoxy) is 1. The third-order valence-electron chi connectivity index (χ3n) is 3.40. The molecular formula is C11H19NO2. The molecule has 1 saturated heterocycles. The standard InChI is InChI=1S/C11H19NO2/c1-8-5-9(2)7-11(6-8)3-4-12-10(13)14-11/h8-9H,3-7H2,1-2H3,(H,12,13). The van der Waals surface area contributed by atoms with Crippen molar-refractivity contribution in [1.29, 1.82) is 0 Å². The van der Waals surface area contributed by atoms with Crippen molar-refractivity contribution >= 4 is 6.09 Å². The van der Waals surface area contributed by atoms with Gasteiger partial charge >= 0.3 is 6.09 Å². The van der Waals surface area contributed by atoms with E-state index in [-0.39, 0.29) is 11.7 Å². The lowest BCUT2D eigenvalue weighted by atomic mass is 9.72. The van der Waals surface area contributed by atoms with Crippen LogP contribution in [-0.2, 0) is 4.74 Å². The van der Waals surface area contributed by atoms with Crippen molar-refractivity contribution < 1.29 is 9.53 Å². The van der Waals surface area contributed by atoms with Crippen molar-refractivity contribution in [3.8, 4) is 0 Å². The Morgan fingerprint density at radius 3 is 2.57 bits per heavy atom. The molecule has 0 aromatic carbocycles. The molecule has 1 aliphatic heterocycles. The van der Waals surface area contributed by atoms with Crippen molar-refractivity contribution in [2.75, 3.05) is 6.54 Å². The highest BCUT2D eigenvalue weighted by molar-refractivity contribution is 5.68. The van der Waals surface area contributed by atoms with Crippen LogP contribution in [0.25, 0.3) is 0 Å². The van der Waals surface area contributed by atoms with Crippen LogP contribution in [0.15, 0.2) is 0 Å². The molecule has 2 rings (SSSR count). The molecule has 1 saturated carbocycles. The summed E-state index contributed by atoms with van der Waals surface area (Å²) >= 11 is 0. The van der Waals surface area contributed by atoms with Crippen molar-refractivity contribution in [1.82, 2.24) is 5.32 Å². The molecule has 1 N–H and O–H groups in total. The van der Waals surface area contributed by atoms with Gasteiger partial charge in [0.15, 0.2) is 0 Å². The summed E-state index contributed by atoms with van der Waals surface area (Å²) in [6.07, 6.45) is 4.12. The second kappa shape index (κ2) is 3.44. The molecule has 3 heteroatoms. The Balaban J connectivity index is 2.09. The Hall–Kier alpha value is -0.730. The van der Waals surface area contributed by atoms with Gasteiger partial charge in [-0.25, -0.2) is 4.79 Å². The smallest absolute Gasteiger partial charge is 0.407 e. The molecule has 2 unspecified atom stereocenters. The van der Waals surface area contributed by atoms with Crippen LogP contribution >= 0.6 is 0 Å². The van der Waals surface area contributed by atoms with Gasteiger partial charge in [-0.3, -0.25) is 0 Å². The number of carbonyl (C=O) groups is 1. The van der Waals surface area contributed by atoms with Gasteiger partial charge in [-0.15, -0.1) is 0 Å². The van der Waals surface area contributed by atoms with Crippen molar-refractivity contribution in [2.45, 2.75) is 45.1 Å². The highest BCUT2D eigenvalue weighted by Crippen LogP contribution is 2.41. The first kappa shape index (κ1) is 9.81. The summed E-state index contributed by atoms with van der Waals surface area (Å²) in [7, 11) is 0. The molecule has 0 aromatic rings. The molecule has 1 amide bonds. The minimum absolute atomic E-state index is 0.139. The van der Waals surface area contributed by atoms with Gasteiger partial charge in [0.25, 0.3) is 0 Å². The van der Waals surface area contributed by atoms with Gasteiger partial charge in [-0.1, -0.05) is 13.8 Å². The second-order valence-corrected chi connectivity index (χ2v) is 5.10. The zero-order chi connectivity index (χ0) is 10.2. The summed E-state index contributed by atoms with van der Waals surface area (Å²) in [6, 6.07) is 0. The minimum atomic E-state index is -0.224. The molecule has 3 nitrogen and oxygen atoms in total. The number of hydrogen-bond donors (Lipinski definition) is 1. The molecule has 1 spiro atoms. The van der Waals surface area contributed by atoms with E-state index in [1.165, 1.54) is 6.42 Å². The fourth-order valence-electron chi connectivity index (χ4n) is 3.17. The molecule has 0 bridgehead atoms. The number of nitrogens with one attached hydrogen (secondary N) is 1. The monoisotopic (exact) mass is 197 g/mol. The third-order valence-corrected chi connectivity index (χ3v) is 3.40. The zero-order valence-electron chi connectivity index (χ0n) is 9.01. The van der Waals surface area contributed by atoms with E-state index in [1.807, 2.05) is 0 Å². The lowest BCUT2D eigenvalue weighted by molar-refractivity contribution is -0.0631. The number of hydrogen-bond acceptors (Lipinski definition) is 2. The Morgan fingerprint density at radius 1 is 1.36 bits per heavy atom. The lowest BCUT2D eigenvalue weighted by Crippen LogP contribution is -2.50. The summed E-state index contributed by atoms with van der Waals surface area (Å²) in [6.45, 7) is 5.29. The molecule has 80 valence electrons. The van der Waals surface area contributed by atoms with Crippen molar-refractivity contribution in [2.24, 2.45) is 11.8 Å². The largest absolute Gasteiger partial charge is 0.443 e. The van der Waals surface area contributed by atoms with E-state index in [9.17, 15) is 4.79 Å². The van der Waals surface area contributed by atoms with Crippen LogP contribution in [0.5, 0.6) is 0 Å². The summed E-state index contributed by atoms with van der Waals surface area (Å²) in [4.78, 5) is 11.2. The Kier molecular flexibility index (Phi) is 2.41. The molecule has 2 atom stereocenters. The number of alkyl carbamates (subject to hydrolysis) is 1. The van der Waals surface area contributed by atoms with Gasteiger partial charge < -0.3 is 10.1 Å². The van der Waals surface area contributed by atoms with Crippen LogP contribution < -0.4 is 5.32 Å². The van der Waals surface area contributed by atoms with Crippen molar-refractivity contribution in [3.05, 3.63) is 0 Å². The maximum atomic E-state index is 11.2. The van der Waals surface area contributed by atoms with Gasteiger partial charge in [0.1, 0.15) is 5.60 Å². The Bertz CT molecular complexity index is 229. The third kappa shape index (κ3) is 1.86. The SMILES string of the molecule is CC1CC(C)CC2(CCNC(=O)O2)C1. The van der Waals surface area contributed by atoms with Crippen LogP contribution in [0.4, 0.5) is 4.79 Å². The quantitative estimate of drug-likeness (QED) is 0.647. The normalized spacial score (nSPS) is 43.1. The Morgan fingerprint density at radius 2 is 2.00 bits per heavy atom. The first-order valence-electron chi connectivity index (χ1n) is 5.56. The lowest BCUT2D eigenvalue weighted by Gasteiger charge is -2.44. The molecule has 2 fully saturated rings. The van der Waals surface area contributed by atoms with Crippen LogP contribution in [-0.4, -0.2) is 18.2 Å². The number of carbonyl (C=O) groups excluding carboxylic acids is 1. The molecular weight excluding hydrogens is 178 g/mol. The van der Waals surface area contributed by atoms with E-state index in [0.29, 0.717) is 11.8 Å². The van der Waals surface area contributed by atoms with Gasteiger partial charge in [0.05, 0.1) is 0 Å². The maximum Gasteiger partial charge on any atom is 0.407 e. The van der Waals surface area contributed by atoms with Crippen LogP contribution in [0, 0.1) is 11.8 Å².